The average Bonchev–Trinajstić information content (AvgIpc) is 3.07. The van der Waals surface area contributed by atoms with E-state index in [0.29, 0.717) is 13.2 Å². The van der Waals surface area contributed by atoms with Crippen LogP contribution in [0.25, 0.3) is 11.3 Å². The molecule has 0 unspecified atom stereocenters. The van der Waals surface area contributed by atoms with Gasteiger partial charge in [0.1, 0.15) is 0 Å². The fraction of sp³-hybridized carbons (Fsp3) is 0.211. The van der Waals surface area contributed by atoms with Crippen LogP contribution in [0.2, 0.25) is 0 Å². The van der Waals surface area contributed by atoms with E-state index < -0.39 is 0 Å². The Bertz CT molecular complexity index is 845. The molecule has 128 valence electrons. The van der Waals surface area contributed by atoms with E-state index in [1.165, 1.54) is 19.4 Å². The number of hydrogen-bond acceptors (Lipinski definition) is 4. The van der Waals surface area contributed by atoms with Crippen LogP contribution in [0.1, 0.15) is 18.2 Å². The maximum atomic E-state index is 5.71. The summed E-state index contributed by atoms with van der Waals surface area (Å²) in [6, 6.07) is 18.2. The quantitative estimate of drug-likeness (QED) is 0.496. The van der Waals surface area contributed by atoms with Crippen molar-refractivity contribution in [2.75, 3.05) is 13.7 Å². The van der Waals surface area contributed by atoms with Crippen molar-refractivity contribution in [3.8, 4) is 17.0 Å². The van der Waals surface area contributed by atoms with Gasteiger partial charge in [-0.05, 0) is 0 Å². The molecule has 0 bridgehead atoms. The van der Waals surface area contributed by atoms with Gasteiger partial charge in [0, 0.05) is 0 Å². The number of methoxy groups -OCH3 is 1. The molecule has 0 amide bonds. The Hall–Kier alpha value is -2.10. The molecule has 0 atom stereocenters. The molecule has 3 rings (SSSR count). The van der Waals surface area contributed by atoms with E-state index in [-0.39, 0.29) is 0 Å². The normalized spacial score (nSPS) is 10.6. The number of hydrogen-bond donors (Lipinski definition) is 0. The summed E-state index contributed by atoms with van der Waals surface area (Å²) in [7, 11) is 1.67. The molecule has 6 heteroatoms. The van der Waals surface area contributed by atoms with E-state index in [2.05, 4.69) is 22.4 Å². The van der Waals surface area contributed by atoms with Gasteiger partial charge in [0.25, 0.3) is 0 Å². The molecule has 0 fully saturated rings. The van der Waals surface area contributed by atoms with Gasteiger partial charge in [0.2, 0.25) is 0 Å². The molecular formula is C19H19N3O2W. The zero-order valence-electron chi connectivity index (χ0n) is 14.2. The molecule has 1 aromatic heterocycles. The van der Waals surface area contributed by atoms with Crippen molar-refractivity contribution in [2.24, 2.45) is 0 Å². The maximum absolute atomic E-state index is 5.71. The van der Waals surface area contributed by atoms with Crippen molar-refractivity contribution in [3.63, 3.8) is 0 Å². The molecular weight excluding hydrogens is 486 g/mol. The molecule has 0 aliphatic heterocycles. The first-order chi connectivity index (χ1) is 12.2. The van der Waals surface area contributed by atoms with Gasteiger partial charge in [0.15, 0.2) is 0 Å². The molecule has 0 aliphatic rings. The second-order valence-corrected chi connectivity index (χ2v) is 6.71. The summed E-state index contributed by atoms with van der Waals surface area (Å²) < 4.78 is 13.7. The first kappa shape index (κ1) is 17.7. The summed E-state index contributed by atoms with van der Waals surface area (Å²) in [5.74, 6) is 0.843. The van der Waals surface area contributed by atoms with E-state index >= 15 is 0 Å². The van der Waals surface area contributed by atoms with Gasteiger partial charge >= 0.3 is 158 Å². The zero-order valence-corrected chi connectivity index (χ0v) is 17.1. The van der Waals surface area contributed by atoms with Crippen LogP contribution in [0, 0.1) is 0 Å². The standard InChI is InChI=1S/C19H19N3O2.W/c1-3-24-14-18-19(16-7-5-4-6-8-16)22(21-20-18)13-15-9-11-17(23-2)12-10-15;/h4-12H,3,13H2,1-2H3;. The monoisotopic (exact) mass is 505 g/mol. The van der Waals surface area contributed by atoms with Gasteiger partial charge in [-0.1, -0.05) is 0 Å². The van der Waals surface area contributed by atoms with Gasteiger partial charge in [-0.25, -0.2) is 0 Å². The summed E-state index contributed by atoms with van der Waals surface area (Å²) in [6.07, 6.45) is 0. The molecule has 0 spiro atoms. The SMILES string of the molecule is CCO[C](=[W])c1nnn(Cc2ccc(OC)cc2)c1-c1ccccc1. The Morgan fingerprint density at radius 3 is 2.44 bits per heavy atom. The Balaban J connectivity index is 1.99. The first-order valence-electron chi connectivity index (χ1n) is 8.02. The molecule has 0 saturated heterocycles. The minimum atomic E-state index is 0.623. The zero-order chi connectivity index (χ0) is 17.6. The average molecular weight is 505 g/mol. The second-order valence-electron chi connectivity index (χ2n) is 5.38. The number of rotatable bonds is 7. The van der Waals surface area contributed by atoms with Crippen LogP contribution in [0.5, 0.6) is 5.75 Å². The van der Waals surface area contributed by atoms with Crippen molar-refractivity contribution < 1.29 is 28.8 Å². The number of aromatic nitrogens is 3. The molecule has 0 radical (unpaired) electrons. The van der Waals surface area contributed by atoms with E-state index in [1.807, 2.05) is 54.1 Å². The number of ether oxygens (including phenoxy) is 2. The Kier molecular flexibility index (Phi) is 5.90. The van der Waals surface area contributed by atoms with E-state index in [0.717, 1.165) is 32.3 Å². The molecule has 0 aliphatic carbocycles. The number of nitrogens with zero attached hydrogens (tertiary/aromatic N) is 3. The van der Waals surface area contributed by atoms with Crippen LogP contribution in [0.3, 0.4) is 0 Å². The summed E-state index contributed by atoms with van der Waals surface area (Å²) in [4.78, 5) is 0. The van der Waals surface area contributed by atoms with E-state index in [4.69, 9.17) is 9.47 Å². The molecule has 1 heterocycles. The van der Waals surface area contributed by atoms with Gasteiger partial charge in [-0.15, -0.1) is 0 Å². The summed E-state index contributed by atoms with van der Waals surface area (Å²) in [6.45, 7) is 3.24. The van der Waals surface area contributed by atoms with Crippen molar-refractivity contribution in [2.45, 2.75) is 13.5 Å². The third-order valence-corrected chi connectivity index (χ3v) is 4.86. The van der Waals surface area contributed by atoms with Crippen LogP contribution in [-0.2, 0) is 30.6 Å². The number of benzene rings is 2. The van der Waals surface area contributed by atoms with Crippen LogP contribution in [0.15, 0.2) is 54.6 Å². The molecule has 0 N–H and O–H groups in total. The van der Waals surface area contributed by atoms with Gasteiger partial charge < -0.3 is 0 Å². The fourth-order valence-electron chi connectivity index (χ4n) is 2.55. The third-order valence-electron chi connectivity index (χ3n) is 3.74. The third kappa shape index (κ3) is 4.12. The van der Waals surface area contributed by atoms with E-state index in [9.17, 15) is 0 Å². The fourth-order valence-corrected chi connectivity index (χ4v) is 3.46. The molecule has 3 aromatic rings. The molecule has 0 saturated carbocycles. The molecule has 2 aromatic carbocycles. The Morgan fingerprint density at radius 2 is 1.80 bits per heavy atom. The molecule has 25 heavy (non-hydrogen) atoms. The Morgan fingerprint density at radius 1 is 1.08 bits per heavy atom. The summed E-state index contributed by atoms with van der Waals surface area (Å²) >= 11 is 1.24. The van der Waals surface area contributed by atoms with Crippen molar-refractivity contribution in [3.05, 3.63) is 65.9 Å². The predicted molar refractivity (Wildman–Crippen MR) is 93.3 cm³/mol. The summed E-state index contributed by atoms with van der Waals surface area (Å²) in [5.41, 5.74) is 4.01. The van der Waals surface area contributed by atoms with Crippen molar-refractivity contribution in [1.82, 2.24) is 15.0 Å². The summed E-state index contributed by atoms with van der Waals surface area (Å²) in [5, 5.41) is 8.77. The Labute approximate surface area is 158 Å². The second kappa shape index (κ2) is 8.32. The van der Waals surface area contributed by atoms with Gasteiger partial charge in [-0.2, -0.15) is 0 Å². The predicted octanol–water partition coefficient (Wildman–Crippen LogP) is 3.06. The van der Waals surface area contributed by atoms with Crippen LogP contribution < -0.4 is 4.74 Å². The van der Waals surface area contributed by atoms with E-state index in [1.54, 1.807) is 7.11 Å². The van der Waals surface area contributed by atoms with Crippen molar-refractivity contribution in [1.29, 1.82) is 0 Å². The van der Waals surface area contributed by atoms with Crippen LogP contribution in [-0.4, -0.2) is 32.8 Å². The topological polar surface area (TPSA) is 49.2 Å². The minimum absolute atomic E-state index is 0.623. The first-order valence-corrected chi connectivity index (χ1v) is 9.48. The van der Waals surface area contributed by atoms with Crippen LogP contribution in [0.4, 0.5) is 0 Å². The van der Waals surface area contributed by atoms with Crippen LogP contribution >= 0.6 is 0 Å². The molecule has 5 nitrogen and oxygen atoms in total. The van der Waals surface area contributed by atoms with Gasteiger partial charge in [0.05, 0.1) is 0 Å². The van der Waals surface area contributed by atoms with Gasteiger partial charge in [-0.3, -0.25) is 0 Å². The van der Waals surface area contributed by atoms with Crippen molar-refractivity contribution >= 4 is 4.08 Å².